The van der Waals surface area contributed by atoms with Gasteiger partial charge in [-0.1, -0.05) is 48.7 Å². The topological polar surface area (TPSA) is 68.7 Å². The summed E-state index contributed by atoms with van der Waals surface area (Å²) in [5.74, 6) is -0.460. The molecule has 142 valence electrons. The molecule has 1 atom stereocenters. The number of hydrogen-bond donors (Lipinski definition) is 0. The number of carbonyl (C=O) groups excluding carboxylic acids is 2. The van der Waals surface area contributed by atoms with E-state index in [9.17, 15) is 9.59 Å². The van der Waals surface area contributed by atoms with E-state index in [2.05, 4.69) is 20.3 Å². The highest BCUT2D eigenvalue weighted by Gasteiger charge is 2.37. The monoisotopic (exact) mass is 494 g/mol. The zero-order valence-electron chi connectivity index (χ0n) is 14.0. The number of rotatable bonds is 6. The third-order valence-electron chi connectivity index (χ3n) is 3.03. The van der Waals surface area contributed by atoms with Gasteiger partial charge >= 0.3 is 12.1 Å². The molecule has 1 aromatic heterocycles. The van der Waals surface area contributed by atoms with Gasteiger partial charge in [-0.25, -0.2) is 9.59 Å². The normalized spacial score (nSPS) is 12.8. The Labute approximate surface area is 174 Å². The number of hydrogen-bond acceptors (Lipinski definition) is 6. The Morgan fingerprint density at radius 2 is 1.96 bits per heavy atom. The molecule has 11 heteroatoms. The summed E-state index contributed by atoms with van der Waals surface area (Å²) < 4.78 is 13.0. The molecule has 1 rings (SSSR count). The Hall–Kier alpha value is -0.280. The number of alkyl halides is 3. The van der Waals surface area contributed by atoms with E-state index in [0.717, 1.165) is 11.5 Å². The van der Waals surface area contributed by atoms with E-state index in [1.54, 1.807) is 6.92 Å². The number of halogens is 4. The second-order valence-corrected chi connectivity index (χ2v) is 9.66. The first kappa shape index (κ1) is 22.8. The van der Waals surface area contributed by atoms with Crippen LogP contribution in [0.1, 0.15) is 26.0 Å². The summed E-state index contributed by atoms with van der Waals surface area (Å²) in [6.07, 6.45) is -0.467. The van der Waals surface area contributed by atoms with Crippen molar-refractivity contribution in [2.45, 2.75) is 37.0 Å². The Bertz CT molecular complexity index is 622. The molecule has 1 aromatic rings. The van der Waals surface area contributed by atoms with E-state index in [-0.39, 0.29) is 5.92 Å². The number of methoxy groups -OCH3 is 1. The van der Waals surface area contributed by atoms with Crippen LogP contribution in [0.25, 0.3) is 0 Å². The predicted molar refractivity (Wildman–Crippen MR) is 104 cm³/mol. The average molecular weight is 497 g/mol. The van der Waals surface area contributed by atoms with Gasteiger partial charge in [-0.3, -0.25) is 4.90 Å². The third-order valence-corrected chi connectivity index (χ3v) is 5.51. The second-order valence-electron chi connectivity index (χ2n) is 5.60. The van der Waals surface area contributed by atoms with E-state index in [1.165, 1.54) is 12.0 Å². The van der Waals surface area contributed by atoms with Gasteiger partial charge in [0, 0.05) is 0 Å². The maximum atomic E-state index is 12.7. The van der Waals surface area contributed by atoms with Crippen molar-refractivity contribution >= 4 is 79.3 Å². The van der Waals surface area contributed by atoms with Crippen LogP contribution in [0, 0.1) is 12.8 Å². The van der Waals surface area contributed by atoms with Crippen molar-refractivity contribution in [3.8, 4) is 0 Å². The number of ether oxygens (including phenoxy) is 2. The molecule has 0 fully saturated rings. The minimum Gasteiger partial charge on any atom is -0.467 e. The largest absolute Gasteiger partial charge is 0.467 e. The number of aryl methyl sites for hydroxylation is 1. The van der Waals surface area contributed by atoms with Crippen molar-refractivity contribution in [2.75, 3.05) is 18.6 Å². The van der Waals surface area contributed by atoms with Gasteiger partial charge in [-0.2, -0.15) is 4.37 Å². The lowest BCUT2D eigenvalue weighted by molar-refractivity contribution is -0.142. The highest BCUT2D eigenvalue weighted by molar-refractivity contribution is 9.10. The molecule has 0 aromatic carbocycles. The highest BCUT2D eigenvalue weighted by Crippen LogP contribution is 2.37. The third kappa shape index (κ3) is 6.75. The number of carbonyl (C=O) groups is 2. The molecular formula is C14H18BrCl3N2O4S. The summed E-state index contributed by atoms with van der Waals surface area (Å²) in [7, 11) is 1.26. The molecule has 6 nitrogen and oxygen atoms in total. The fourth-order valence-corrected chi connectivity index (χ4v) is 3.56. The summed E-state index contributed by atoms with van der Waals surface area (Å²) >= 11 is 21.4. The van der Waals surface area contributed by atoms with Crippen LogP contribution in [0.2, 0.25) is 0 Å². The van der Waals surface area contributed by atoms with Gasteiger partial charge in [-0.15, -0.1) is 0 Å². The van der Waals surface area contributed by atoms with Crippen LogP contribution in [0.3, 0.4) is 0 Å². The zero-order valence-corrected chi connectivity index (χ0v) is 18.7. The summed E-state index contributed by atoms with van der Waals surface area (Å²) in [5, 5.41) is 0.419. The van der Waals surface area contributed by atoms with E-state index in [1.807, 2.05) is 13.8 Å². The number of nitrogens with zero attached hydrogens (tertiary/aromatic N) is 2. The molecule has 0 radical (unpaired) electrons. The first-order valence-corrected chi connectivity index (χ1v) is 9.90. The van der Waals surface area contributed by atoms with Crippen molar-refractivity contribution in [3.63, 3.8) is 0 Å². The van der Waals surface area contributed by atoms with Crippen molar-refractivity contribution in [2.24, 2.45) is 5.92 Å². The van der Waals surface area contributed by atoms with Crippen LogP contribution in [-0.4, -0.2) is 40.0 Å². The molecule has 0 saturated heterocycles. The first-order valence-electron chi connectivity index (χ1n) is 7.20. The quantitative estimate of drug-likeness (QED) is 0.404. The lowest BCUT2D eigenvalue weighted by atomic mass is 10.0. The maximum absolute atomic E-state index is 12.7. The van der Waals surface area contributed by atoms with E-state index in [0.29, 0.717) is 21.6 Å². The van der Waals surface area contributed by atoms with Crippen LogP contribution >= 0.6 is 62.3 Å². The van der Waals surface area contributed by atoms with Gasteiger partial charge in [0.25, 0.3) is 0 Å². The summed E-state index contributed by atoms with van der Waals surface area (Å²) in [5.41, 5.74) is 0.673. The van der Waals surface area contributed by atoms with Gasteiger partial charge in [0.2, 0.25) is 3.79 Å². The van der Waals surface area contributed by atoms with Crippen molar-refractivity contribution < 1.29 is 19.1 Å². The molecule has 0 saturated carbocycles. The van der Waals surface area contributed by atoms with Crippen molar-refractivity contribution in [1.82, 2.24) is 4.37 Å². The molecule has 25 heavy (non-hydrogen) atoms. The lowest BCUT2D eigenvalue weighted by Crippen LogP contribution is -2.47. The summed E-state index contributed by atoms with van der Waals surface area (Å²) in [6, 6.07) is -0.899. The Morgan fingerprint density at radius 3 is 2.36 bits per heavy atom. The smallest absolute Gasteiger partial charge is 0.415 e. The van der Waals surface area contributed by atoms with E-state index in [4.69, 9.17) is 44.3 Å². The van der Waals surface area contributed by atoms with Crippen LogP contribution in [0.5, 0.6) is 0 Å². The van der Waals surface area contributed by atoms with Crippen molar-refractivity contribution in [1.29, 1.82) is 0 Å². The standard InChI is InChI=1S/C14H18BrCl3N2O4S/c1-7(2)5-9(12(21)23-4)20(11-10(15)8(3)19-25-11)13(22)24-6-14(16,17)18/h7,9H,5-6H2,1-4H3/t9-/m1/s1. The van der Waals surface area contributed by atoms with Gasteiger partial charge in [0.05, 0.1) is 17.3 Å². The van der Waals surface area contributed by atoms with Gasteiger partial charge in [0.15, 0.2) is 0 Å². The Kier molecular flexibility index (Phi) is 8.74. The van der Waals surface area contributed by atoms with Gasteiger partial charge in [-0.05, 0) is 46.7 Å². The molecule has 0 spiro atoms. The van der Waals surface area contributed by atoms with E-state index >= 15 is 0 Å². The summed E-state index contributed by atoms with van der Waals surface area (Å²) in [4.78, 5) is 26.2. The molecule has 0 aliphatic rings. The minimum absolute atomic E-state index is 0.111. The van der Waals surface area contributed by atoms with Crippen LogP contribution < -0.4 is 4.90 Å². The Morgan fingerprint density at radius 1 is 1.36 bits per heavy atom. The number of aromatic nitrogens is 1. The van der Waals surface area contributed by atoms with Crippen molar-refractivity contribution in [3.05, 3.63) is 10.2 Å². The number of esters is 1. The summed E-state index contributed by atoms with van der Waals surface area (Å²) in [6.45, 7) is 5.16. The molecule has 0 N–H and O–H groups in total. The maximum Gasteiger partial charge on any atom is 0.415 e. The molecule has 1 heterocycles. The molecular weight excluding hydrogens is 478 g/mol. The number of amides is 1. The fourth-order valence-electron chi connectivity index (χ4n) is 1.95. The molecule has 0 bridgehead atoms. The molecule has 0 unspecified atom stereocenters. The zero-order chi connectivity index (χ0) is 19.4. The van der Waals surface area contributed by atoms with Crippen LogP contribution in [0.15, 0.2) is 4.47 Å². The molecule has 0 aliphatic heterocycles. The molecule has 1 amide bonds. The second kappa shape index (κ2) is 9.60. The number of anilines is 1. The molecule has 0 aliphatic carbocycles. The predicted octanol–water partition coefficient (Wildman–Crippen LogP) is 5.11. The average Bonchev–Trinajstić information content (AvgIpc) is 2.83. The first-order chi connectivity index (χ1) is 11.5. The van der Waals surface area contributed by atoms with E-state index < -0.39 is 28.5 Å². The minimum atomic E-state index is -1.76. The lowest BCUT2D eigenvalue weighted by Gasteiger charge is -2.29. The Balaban J connectivity index is 3.27. The van der Waals surface area contributed by atoms with Crippen LogP contribution in [0.4, 0.5) is 9.80 Å². The van der Waals surface area contributed by atoms with Gasteiger partial charge in [0.1, 0.15) is 17.6 Å². The fraction of sp³-hybridized carbons (Fsp3) is 0.643. The van der Waals surface area contributed by atoms with Gasteiger partial charge < -0.3 is 9.47 Å². The highest BCUT2D eigenvalue weighted by atomic mass is 79.9. The van der Waals surface area contributed by atoms with Crippen LogP contribution in [-0.2, 0) is 14.3 Å². The SMILES string of the molecule is COC(=O)[C@@H](CC(C)C)N(C(=O)OCC(Cl)(Cl)Cl)c1snc(C)c1Br.